The largest absolute Gasteiger partial charge is 0.466 e. The number of pyridine rings is 1. The van der Waals surface area contributed by atoms with Crippen LogP contribution in [0.3, 0.4) is 0 Å². The number of nitrogens with zero attached hydrogens (tertiary/aromatic N) is 2. The monoisotopic (exact) mass is 488 g/mol. The topological polar surface area (TPSA) is 44.1 Å². The minimum atomic E-state index is -0.143. The number of hydrogen-bond donors (Lipinski definition) is 0. The maximum atomic E-state index is 11.9. The predicted octanol–water partition coefficient (Wildman–Crippen LogP) is 6.90. The fourth-order valence-electron chi connectivity index (χ4n) is 4.80. The lowest BCUT2D eigenvalue weighted by Gasteiger charge is -2.08. The lowest BCUT2D eigenvalue weighted by molar-refractivity contribution is -0.143. The van der Waals surface area contributed by atoms with E-state index in [0.717, 1.165) is 36.2 Å². The molecule has 0 bridgehead atoms. The Kier molecular flexibility index (Phi) is 7.75. The van der Waals surface area contributed by atoms with Crippen molar-refractivity contribution >= 4 is 16.9 Å². The zero-order chi connectivity index (χ0) is 25.5. The van der Waals surface area contributed by atoms with E-state index in [1.165, 1.54) is 27.6 Å². The van der Waals surface area contributed by atoms with Gasteiger partial charge >= 0.3 is 5.97 Å². The molecule has 4 nitrogen and oxygen atoms in total. The number of aryl methyl sites for hydroxylation is 3. The average Bonchev–Trinajstić information content (AvgIpc) is 3.30. The second-order valence-electron chi connectivity index (χ2n) is 9.33. The summed E-state index contributed by atoms with van der Waals surface area (Å²) in [6, 6.07) is 32.0. The fourth-order valence-corrected chi connectivity index (χ4v) is 4.80. The van der Waals surface area contributed by atoms with Crippen molar-refractivity contribution in [2.75, 3.05) is 6.61 Å². The van der Waals surface area contributed by atoms with Gasteiger partial charge in [-0.25, -0.2) is 0 Å². The quantitative estimate of drug-likeness (QED) is 0.201. The van der Waals surface area contributed by atoms with E-state index in [2.05, 4.69) is 94.6 Å². The molecular weight excluding hydrogens is 456 g/mol. The molecule has 0 aliphatic carbocycles. The van der Waals surface area contributed by atoms with Gasteiger partial charge in [0.05, 0.1) is 12.1 Å². The van der Waals surface area contributed by atoms with E-state index < -0.39 is 0 Å². The smallest absolute Gasteiger partial charge is 0.306 e. The number of esters is 1. The normalized spacial score (nSPS) is 11.1. The van der Waals surface area contributed by atoms with Crippen LogP contribution in [0.4, 0.5) is 0 Å². The lowest BCUT2D eigenvalue weighted by atomic mass is 10.0. The molecule has 3 aromatic carbocycles. The Morgan fingerprint density at radius 3 is 2.35 bits per heavy atom. The summed E-state index contributed by atoms with van der Waals surface area (Å²) in [6.07, 6.45) is 7.95. The number of ether oxygens (including phenoxy) is 1. The maximum absolute atomic E-state index is 11.9. The molecule has 2 aromatic heterocycles. The average molecular weight is 489 g/mol. The number of benzene rings is 3. The zero-order valence-corrected chi connectivity index (χ0v) is 21.3. The van der Waals surface area contributed by atoms with Gasteiger partial charge in [-0.1, -0.05) is 54.6 Å². The van der Waals surface area contributed by atoms with Gasteiger partial charge < -0.3 is 9.30 Å². The van der Waals surface area contributed by atoms with Crippen molar-refractivity contribution in [1.82, 2.24) is 9.55 Å². The number of carbonyl (C=O) groups excluding carboxylic acids is 1. The Hall–Kier alpha value is -4.18. The third kappa shape index (κ3) is 6.15. The van der Waals surface area contributed by atoms with Crippen LogP contribution in [-0.4, -0.2) is 22.1 Å². The highest BCUT2D eigenvalue weighted by atomic mass is 16.5. The minimum absolute atomic E-state index is 0.143. The summed E-state index contributed by atoms with van der Waals surface area (Å²) in [5.74, 6) is -0.143. The molecule has 0 atom stereocenters. The molecule has 0 N–H and O–H groups in total. The van der Waals surface area contributed by atoms with Crippen molar-refractivity contribution in [1.29, 1.82) is 0 Å². The van der Waals surface area contributed by atoms with Crippen molar-refractivity contribution in [2.45, 2.75) is 39.0 Å². The van der Waals surface area contributed by atoms with Gasteiger partial charge in [0.2, 0.25) is 0 Å². The maximum Gasteiger partial charge on any atom is 0.306 e. The second-order valence-corrected chi connectivity index (χ2v) is 9.33. The van der Waals surface area contributed by atoms with Crippen molar-refractivity contribution in [3.8, 4) is 5.69 Å². The molecule has 0 unspecified atom stereocenters. The van der Waals surface area contributed by atoms with Crippen LogP contribution in [0, 0.1) is 0 Å². The summed E-state index contributed by atoms with van der Waals surface area (Å²) in [7, 11) is 0. The van der Waals surface area contributed by atoms with Gasteiger partial charge in [0.25, 0.3) is 0 Å². The first kappa shape index (κ1) is 24.5. The Labute approximate surface area is 218 Å². The van der Waals surface area contributed by atoms with E-state index >= 15 is 0 Å². The summed E-state index contributed by atoms with van der Waals surface area (Å²) in [4.78, 5) is 16.4. The molecule has 0 fully saturated rings. The van der Waals surface area contributed by atoms with Crippen LogP contribution in [0.2, 0.25) is 0 Å². The Bertz CT molecular complexity index is 1460. The summed E-state index contributed by atoms with van der Waals surface area (Å²) in [6.45, 7) is 2.27. The molecule has 0 spiro atoms. The van der Waals surface area contributed by atoms with Crippen LogP contribution >= 0.6 is 0 Å². The molecular formula is C33H32N2O2. The molecule has 0 saturated carbocycles. The minimum Gasteiger partial charge on any atom is -0.466 e. The number of aromatic nitrogens is 2. The van der Waals surface area contributed by atoms with Gasteiger partial charge in [0.1, 0.15) is 0 Å². The van der Waals surface area contributed by atoms with Crippen molar-refractivity contribution in [3.05, 3.63) is 131 Å². The number of rotatable bonds is 10. The molecule has 37 heavy (non-hydrogen) atoms. The van der Waals surface area contributed by atoms with Gasteiger partial charge in [0.15, 0.2) is 0 Å². The molecule has 0 amide bonds. The van der Waals surface area contributed by atoms with Crippen molar-refractivity contribution in [3.63, 3.8) is 0 Å². The van der Waals surface area contributed by atoms with E-state index in [1.807, 2.05) is 25.3 Å². The molecule has 0 aliphatic rings. The number of carbonyl (C=O) groups is 1. The first-order valence-electron chi connectivity index (χ1n) is 13.0. The summed E-state index contributed by atoms with van der Waals surface area (Å²) < 4.78 is 7.41. The van der Waals surface area contributed by atoms with E-state index in [9.17, 15) is 4.79 Å². The van der Waals surface area contributed by atoms with Crippen LogP contribution in [-0.2, 0) is 35.2 Å². The van der Waals surface area contributed by atoms with Crippen LogP contribution in [0.15, 0.2) is 103 Å². The van der Waals surface area contributed by atoms with Gasteiger partial charge in [0, 0.05) is 42.0 Å². The van der Waals surface area contributed by atoms with E-state index in [-0.39, 0.29) is 5.97 Å². The van der Waals surface area contributed by atoms with Gasteiger partial charge in [-0.15, -0.1) is 0 Å². The fraction of sp³-hybridized carbons (Fsp3) is 0.212. The molecule has 5 rings (SSSR count). The summed E-state index contributed by atoms with van der Waals surface area (Å²) in [5.41, 5.74) is 8.44. The highest BCUT2D eigenvalue weighted by Crippen LogP contribution is 2.28. The van der Waals surface area contributed by atoms with Gasteiger partial charge in [-0.2, -0.15) is 0 Å². The molecule has 186 valence electrons. The summed E-state index contributed by atoms with van der Waals surface area (Å²) in [5, 5.41) is 1.25. The molecule has 0 saturated heterocycles. The highest BCUT2D eigenvalue weighted by molar-refractivity contribution is 5.86. The van der Waals surface area contributed by atoms with E-state index in [1.54, 1.807) is 0 Å². The van der Waals surface area contributed by atoms with E-state index in [0.29, 0.717) is 19.4 Å². The molecule has 5 aromatic rings. The highest BCUT2D eigenvalue weighted by Gasteiger charge is 2.12. The van der Waals surface area contributed by atoms with Gasteiger partial charge in [-0.3, -0.25) is 9.78 Å². The SMILES string of the molecule is CCOC(=O)CCc1ccc2c(c1)c(CCc1ccccc1)cn2-c1ccc(Cc2ccccn2)cc1. The molecule has 2 heterocycles. The predicted molar refractivity (Wildman–Crippen MR) is 149 cm³/mol. The van der Waals surface area contributed by atoms with Crippen molar-refractivity contribution in [2.24, 2.45) is 0 Å². The molecule has 0 radical (unpaired) electrons. The first-order chi connectivity index (χ1) is 18.2. The van der Waals surface area contributed by atoms with Crippen LogP contribution in [0.1, 0.15) is 41.3 Å². The third-order valence-electron chi connectivity index (χ3n) is 6.73. The molecule has 4 heteroatoms. The lowest BCUT2D eigenvalue weighted by Crippen LogP contribution is -2.05. The first-order valence-corrected chi connectivity index (χ1v) is 13.0. The van der Waals surface area contributed by atoms with Crippen LogP contribution < -0.4 is 0 Å². The standard InChI is InChI=1S/C33H32N2O2/c1-2-37-33(36)20-15-27-14-19-32-31(23-27)28(16-11-25-8-4-3-5-9-25)24-35(32)30-17-12-26(13-18-30)22-29-10-6-7-21-34-29/h3-10,12-14,17-19,21,23-24H,2,11,15-16,20,22H2,1H3. The van der Waals surface area contributed by atoms with Crippen LogP contribution in [0.25, 0.3) is 16.6 Å². The van der Waals surface area contributed by atoms with E-state index in [4.69, 9.17) is 4.74 Å². The Morgan fingerprint density at radius 2 is 1.59 bits per heavy atom. The second kappa shape index (κ2) is 11.7. The zero-order valence-electron chi connectivity index (χ0n) is 21.3. The third-order valence-corrected chi connectivity index (χ3v) is 6.73. The summed E-state index contributed by atoms with van der Waals surface area (Å²) >= 11 is 0. The number of hydrogen-bond acceptors (Lipinski definition) is 3. The Balaban J connectivity index is 1.43. The number of fused-ring (bicyclic) bond motifs is 1. The molecule has 0 aliphatic heterocycles. The van der Waals surface area contributed by atoms with Crippen molar-refractivity contribution < 1.29 is 9.53 Å². The van der Waals surface area contributed by atoms with Crippen LogP contribution in [0.5, 0.6) is 0 Å². The van der Waals surface area contributed by atoms with Gasteiger partial charge in [-0.05, 0) is 84.8 Å². The Morgan fingerprint density at radius 1 is 0.811 bits per heavy atom.